The number of benzene rings is 1. The van der Waals surface area contributed by atoms with Crippen LogP contribution in [-0.4, -0.2) is 57.9 Å². The van der Waals surface area contributed by atoms with E-state index in [0.717, 1.165) is 47.8 Å². The molecule has 1 N–H and O–H groups in total. The number of carbonyl (C=O) groups excluding carboxylic acids is 1. The molecule has 1 heterocycles. The van der Waals surface area contributed by atoms with E-state index in [1.807, 2.05) is 20.0 Å². The number of hydrogen-bond acceptors (Lipinski definition) is 5. The van der Waals surface area contributed by atoms with Crippen LogP contribution in [0.15, 0.2) is 29.4 Å². The van der Waals surface area contributed by atoms with Crippen molar-refractivity contribution < 1.29 is 13.2 Å². The monoisotopic (exact) mass is 352 g/mol. The molecule has 0 bridgehead atoms. The standard InChI is InChI=1S/C16H24N4O3S/c1-13-5-4-6-15(11-13)20(24(3,22)23)12-16(21)18-17-14-7-9-19(2)10-8-14/h4-6,11H,7-10,12H2,1-3H3,(H,18,21). The molecule has 0 atom stereocenters. The van der Waals surface area contributed by atoms with E-state index in [9.17, 15) is 13.2 Å². The van der Waals surface area contributed by atoms with E-state index in [-0.39, 0.29) is 6.54 Å². The number of nitrogens with zero attached hydrogens (tertiary/aromatic N) is 3. The molecule has 1 amide bonds. The Morgan fingerprint density at radius 2 is 2.00 bits per heavy atom. The van der Waals surface area contributed by atoms with Crippen LogP contribution in [0.1, 0.15) is 18.4 Å². The summed E-state index contributed by atoms with van der Waals surface area (Å²) in [6.45, 7) is 3.40. The van der Waals surface area contributed by atoms with Crippen molar-refractivity contribution >= 4 is 27.3 Å². The van der Waals surface area contributed by atoms with Gasteiger partial charge in [-0.15, -0.1) is 0 Å². The molecule has 2 rings (SSSR count). The summed E-state index contributed by atoms with van der Waals surface area (Å²) in [4.78, 5) is 14.3. The molecular formula is C16H24N4O3S. The molecule has 1 saturated heterocycles. The second kappa shape index (κ2) is 7.76. The number of amides is 1. The molecule has 1 fully saturated rings. The third kappa shape index (κ3) is 5.31. The van der Waals surface area contributed by atoms with Crippen molar-refractivity contribution in [3.63, 3.8) is 0 Å². The Kier molecular flexibility index (Phi) is 5.95. The smallest absolute Gasteiger partial charge is 0.260 e. The van der Waals surface area contributed by atoms with Crippen molar-refractivity contribution in [1.82, 2.24) is 10.3 Å². The van der Waals surface area contributed by atoms with Crippen molar-refractivity contribution in [2.75, 3.05) is 37.2 Å². The van der Waals surface area contributed by atoms with Crippen LogP contribution >= 0.6 is 0 Å². The molecule has 1 aliphatic heterocycles. The van der Waals surface area contributed by atoms with Crippen molar-refractivity contribution in [3.8, 4) is 0 Å². The lowest BCUT2D eigenvalue weighted by Gasteiger charge is -2.23. The number of hydrogen-bond donors (Lipinski definition) is 1. The molecule has 0 saturated carbocycles. The maximum absolute atomic E-state index is 12.1. The maximum Gasteiger partial charge on any atom is 0.260 e. The quantitative estimate of drug-likeness (QED) is 0.800. The molecule has 24 heavy (non-hydrogen) atoms. The van der Waals surface area contributed by atoms with Gasteiger partial charge in [-0.2, -0.15) is 5.10 Å². The normalized spacial score (nSPS) is 15.9. The molecule has 0 radical (unpaired) electrons. The van der Waals surface area contributed by atoms with Crippen LogP contribution in [0.4, 0.5) is 5.69 Å². The molecule has 1 aromatic rings. The highest BCUT2D eigenvalue weighted by atomic mass is 32.2. The predicted molar refractivity (Wildman–Crippen MR) is 95.7 cm³/mol. The first-order valence-electron chi connectivity index (χ1n) is 7.83. The summed E-state index contributed by atoms with van der Waals surface area (Å²) in [6, 6.07) is 7.04. The molecule has 0 aromatic heterocycles. The van der Waals surface area contributed by atoms with Gasteiger partial charge in [0.25, 0.3) is 5.91 Å². The Morgan fingerprint density at radius 3 is 2.58 bits per heavy atom. The fraction of sp³-hybridized carbons (Fsp3) is 0.500. The lowest BCUT2D eigenvalue weighted by atomic mass is 10.1. The van der Waals surface area contributed by atoms with Gasteiger partial charge in [0.15, 0.2) is 0 Å². The first-order valence-corrected chi connectivity index (χ1v) is 9.68. The zero-order valence-electron chi connectivity index (χ0n) is 14.3. The minimum absolute atomic E-state index is 0.293. The van der Waals surface area contributed by atoms with E-state index in [2.05, 4.69) is 15.4 Å². The minimum atomic E-state index is -3.56. The lowest BCUT2D eigenvalue weighted by Crippen LogP contribution is -2.39. The number of aryl methyl sites for hydroxylation is 1. The second-order valence-corrected chi connectivity index (χ2v) is 8.03. The Balaban J connectivity index is 2.04. The first kappa shape index (κ1) is 18.4. The maximum atomic E-state index is 12.1. The molecule has 1 aromatic carbocycles. The van der Waals surface area contributed by atoms with Gasteiger partial charge >= 0.3 is 0 Å². The van der Waals surface area contributed by atoms with Gasteiger partial charge in [0.2, 0.25) is 10.0 Å². The predicted octanol–water partition coefficient (Wildman–Crippen LogP) is 0.959. The average molecular weight is 352 g/mol. The molecule has 8 heteroatoms. The average Bonchev–Trinajstić information content (AvgIpc) is 2.51. The molecule has 1 aliphatic rings. The van der Waals surface area contributed by atoms with E-state index < -0.39 is 15.9 Å². The van der Waals surface area contributed by atoms with Crippen LogP contribution in [-0.2, 0) is 14.8 Å². The zero-order chi connectivity index (χ0) is 17.7. The number of rotatable bonds is 5. The summed E-state index contributed by atoms with van der Waals surface area (Å²) < 4.78 is 25.1. The Labute approximate surface area is 143 Å². The van der Waals surface area contributed by atoms with Crippen molar-refractivity contribution in [3.05, 3.63) is 29.8 Å². The highest BCUT2D eigenvalue weighted by Crippen LogP contribution is 2.18. The fourth-order valence-corrected chi connectivity index (χ4v) is 3.33. The van der Waals surface area contributed by atoms with Crippen LogP contribution in [0.2, 0.25) is 0 Å². The molecule has 0 aliphatic carbocycles. The van der Waals surface area contributed by atoms with Crippen molar-refractivity contribution in [1.29, 1.82) is 0 Å². The summed E-state index contributed by atoms with van der Waals surface area (Å²) in [5.74, 6) is -0.451. The van der Waals surface area contributed by atoms with E-state index in [1.165, 1.54) is 0 Å². The van der Waals surface area contributed by atoms with Gasteiger partial charge in [0.05, 0.1) is 11.9 Å². The van der Waals surface area contributed by atoms with Gasteiger partial charge in [-0.3, -0.25) is 9.10 Å². The van der Waals surface area contributed by atoms with E-state index in [0.29, 0.717) is 5.69 Å². The van der Waals surface area contributed by atoms with Crippen LogP contribution < -0.4 is 9.73 Å². The molecular weight excluding hydrogens is 328 g/mol. The number of piperidine rings is 1. The number of sulfonamides is 1. The number of likely N-dealkylation sites (tertiary alicyclic amines) is 1. The van der Waals surface area contributed by atoms with Gasteiger partial charge in [0.1, 0.15) is 6.54 Å². The van der Waals surface area contributed by atoms with Gasteiger partial charge in [-0.1, -0.05) is 12.1 Å². The van der Waals surface area contributed by atoms with Gasteiger partial charge in [0, 0.05) is 31.6 Å². The number of anilines is 1. The zero-order valence-corrected chi connectivity index (χ0v) is 15.1. The second-order valence-electron chi connectivity index (χ2n) is 6.12. The summed E-state index contributed by atoms with van der Waals surface area (Å²) >= 11 is 0. The Morgan fingerprint density at radius 1 is 1.33 bits per heavy atom. The van der Waals surface area contributed by atoms with E-state index >= 15 is 0 Å². The highest BCUT2D eigenvalue weighted by Gasteiger charge is 2.21. The first-order chi connectivity index (χ1) is 11.3. The third-order valence-electron chi connectivity index (χ3n) is 3.88. The van der Waals surface area contributed by atoms with Crippen molar-refractivity contribution in [2.45, 2.75) is 19.8 Å². The minimum Gasteiger partial charge on any atom is -0.306 e. The van der Waals surface area contributed by atoms with Gasteiger partial charge < -0.3 is 4.90 Å². The van der Waals surface area contributed by atoms with Crippen LogP contribution in [0, 0.1) is 6.92 Å². The summed E-state index contributed by atoms with van der Waals surface area (Å²) in [7, 11) is -1.52. The lowest BCUT2D eigenvalue weighted by molar-refractivity contribution is -0.119. The fourth-order valence-electron chi connectivity index (χ4n) is 2.48. The number of hydrazone groups is 1. The summed E-state index contributed by atoms with van der Waals surface area (Å²) in [5, 5.41) is 4.13. The third-order valence-corrected chi connectivity index (χ3v) is 5.02. The van der Waals surface area contributed by atoms with Crippen LogP contribution in [0.25, 0.3) is 0 Å². The van der Waals surface area contributed by atoms with Crippen LogP contribution in [0.3, 0.4) is 0 Å². The molecule has 0 unspecified atom stereocenters. The molecule has 7 nitrogen and oxygen atoms in total. The van der Waals surface area contributed by atoms with Gasteiger partial charge in [-0.25, -0.2) is 13.8 Å². The topological polar surface area (TPSA) is 82.1 Å². The SMILES string of the molecule is Cc1cccc(N(CC(=O)NN=C2CCN(C)CC2)S(C)(=O)=O)c1. The highest BCUT2D eigenvalue weighted by molar-refractivity contribution is 7.92. The summed E-state index contributed by atoms with van der Waals surface area (Å²) in [6.07, 6.45) is 2.71. The van der Waals surface area contributed by atoms with Crippen LogP contribution in [0.5, 0.6) is 0 Å². The van der Waals surface area contributed by atoms with E-state index in [1.54, 1.807) is 18.2 Å². The van der Waals surface area contributed by atoms with E-state index in [4.69, 9.17) is 0 Å². The Hall–Kier alpha value is -1.93. The summed E-state index contributed by atoms with van der Waals surface area (Å²) in [5.41, 5.74) is 4.81. The largest absolute Gasteiger partial charge is 0.306 e. The van der Waals surface area contributed by atoms with Crippen molar-refractivity contribution in [2.24, 2.45) is 5.10 Å². The molecule has 0 spiro atoms. The molecule has 132 valence electrons. The van der Waals surface area contributed by atoms with Gasteiger partial charge in [-0.05, 0) is 31.7 Å². The number of carbonyl (C=O) groups is 1. The Bertz CT molecular complexity index is 721. The number of nitrogens with one attached hydrogen (secondary N) is 1.